The van der Waals surface area contributed by atoms with Crippen molar-refractivity contribution in [2.75, 3.05) is 5.32 Å². The number of amides is 1. The van der Waals surface area contributed by atoms with Crippen LogP contribution in [0.2, 0.25) is 0 Å². The number of hydrogen-bond acceptors (Lipinski definition) is 2. The molecule has 0 bridgehead atoms. The molecule has 1 heterocycles. The number of anilines is 1. The van der Waals surface area contributed by atoms with Gasteiger partial charge in [0.15, 0.2) is 0 Å². The molecule has 0 fully saturated rings. The third kappa shape index (κ3) is 3.56. The maximum absolute atomic E-state index is 12.7. The van der Waals surface area contributed by atoms with Gasteiger partial charge in [-0.1, -0.05) is 39.8 Å². The molecule has 0 saturated carbocycles. The van der Waals surface area contributed by atoms with Crippen molar-refractivity contribution in [1.82, 2.24) is 0 Å². The van der Waals surface area contributed by atoms with Gasteiger partial charge in [0.2, 0.25) is 0 Å². The fourth-order valence-electron chi connectivity index (χ4n) is 3.46. The minimum atomic E-state index is 0.0333. The first-order chi connectivity index (χ1) is 11.4. The van der Waals surface area contributed by atoms with Crippen molar-refractivity contribution in [2.45, 2.75) is 53.4 Å². The highest BCUT2D eigenvalue weighted by Crippen LogP contribution is 2.40. The molecule has 24 heavy (non-hydrogen) atoms. The number of thiophene rings is 1. The van der Waals surface area contributed by atoms with Crippen molar-refractivity contribution < 1.29 is 4.79 Å². The number of carbonyl (C=O) groups is 1. The number of nitrogens with one attached hydrogen (secondary N) is 1. The zero-order valence-electron chi connectivity index (χ0n) is 15.1. The Bertz CT molecular complexity index is 721. The van der Waals surface area contributed by atoms with Crippen LogP contribution in [0.3, 0.4) is 0 Å². The third-order valence-corrected chi connectivity index (χ3v) is 6.30. The smallest absolute Gasteiger partial charge is 0.256 e. The summed E-state index contributed by atoms with van der Waals surface area (Å²) in [6.07, 6.45) is 4.33. The number of rotatable bonds is 3. The van der Waals surface area contributed by atoms with Crippen molar-refractivity contribution in [3.05, 3.63) is 51.2 Å². The standard InChI is InChI=1S/C21H27NOS/c1-5-14-6-9-16(10-7-14)22-20(23)18-13-24-19-12-15(21(2,3)4)8-11-17(18)19/h6-7,9-10,13,15H,5,8,11-12H2,1-4H3,(H,22,23). The Labute approximate surface area is 149 Å². The summed E-state index contributed by atoms with van der Waals surface area (Å²) >= 11 is 1.76. The number of fused-ring (bicyclic) bond motifs is 1. The van der Waals surface area contributed by atoms with Crippen LogP contribution in [-0.4, -0.2) is 5.91 Å². The lowest BCUT2D eigenvalue weighted by Gasteiger charge is -2.34. The molecule has 1 amide bonds. The molecule has 1 aromatic heterocycles. The molecule has 3 rings (SSSR count). The van der Waals surface area contributed by atoms with E-state index in [1.54, 1.807) is 11.3 Å². The average Bonchev–Trinajstić information content (AvgIpc) is 2.98. The predicted molar refractivity (Wildman–Crippen MR) is 103 cm³/mol. The lowest BCUT2D eigenvalue weighted by molar-refractivity contribution is 0.102. The molecule has 1 aliphatic rings. The van der Waals surface area contributed by atoms with E-state index in [4.69, 9.17) is 0 Å². The van der Waals surface area contributed by atoms with Crippen LogP contribution in [0.5, 0.6) is 0 Å². The Morgan fingerprint density at radius 1 is 1.25 bits per heavy atom. The molecular weight excluding hydrogens is 314 g/mol. The van der Waals surface area contributed by atoms with Crippen LogP contribution in [-0.2, 0) is 19.3 Å². The minimum Gasteiger partial charge on any atom is -0.322 e. The van der Waals surface area contributed by atoms with Crippen LogP contribution in [0.25, 0.3) is 0 Å². The van der Waals surface area contributed by atoms with E-state index in [2.05, 4.69) is 45.1 Å². The zero-order valence-corrected chi connectivity index (χ0v) is 15.9. The van der Waals surface area contributed by atoms with Crippen LogP contribution in [0.4, 0.5) is 5.69 Å². The first-order valence-electron chi connectivity index (χ1n) is 8.88. The first kappa shape index (κ1) is 17.2. The second kappa shape index (κ2) is 6.72. The van der Waals surface area contributed by atoms with Crippen LogP contribution < -0.4 is 5.32 Å². The summed E-state index contributed by atoms with van der Waals surface area (Å²) in [7, 11) is 0. The second-order valence-electron chi connectivity index (χ2n) is 7.86. The van der Waals surface area contributed by atoms with Gasteiger partial charge in [0.25, 0.3) is 5.91 Å². The molecule has 0 saturated heterocycles. The van der Waals surface area contributed by atoms with Gasteiger partial charge in [-0.2, -0.15) is 0 Å². The summed E-state index contributed by atoms with van der Waals surface area (Å²) in [5.41, 5.74) is 4.66. The maximum Gasteiger partial charge on any atom is 0.256 e. The molecule has 0 spiro atoms. The fraction of sp³-hybridized carbons (Fsp3) is 0.476. The van der Waals surface area contributed by atoms with Gasteiger partial charge < -0.3 is 5.32 Å². The highest BCUT2D eigenvalue weighted by molar-refractivity contribution is 7.10. The number of hydrogen-bond donors (Lipinski definition) is 1. The topological polar surface area (TPSA) is 29.1 Å². The molecule has 1 aromatic carbocycles. The molecule has 1 aliphatic carbocycles. The summed E-state index contributed by atoms with van der Waals surface area (Å²) < 4.78 is 0. The van der Waals surface area contributed by atoms with E-state index >= 15 is 0 Å². The SMILES string of the molecule is CCc1ccc(NC(=O)c2csc3c2CCC(C(C)(C)C)C3)cc1. The maximum atomic E-state index is 12.7. The van der Waals surface area contributed by atoms with Crippen molar-refractivity contribution >= 4 is 22.9 Å². The van der Waals surface area contributed by atoms with E-state index in [1.807, 2.05) is 17.5 Å². The predicted octanol–water partition coefficient (Wildman–Crippen LogP) is 5.71. The molecular formula is C21H27NOS. The van der Waals surface area contributed by atoms with E-state index in [0.29, 0.717) is 11.3 Å². The molecule has 0 aliphatic heterocycles. The molecule has 2 aromatic rings. The zero-order chi connectivity index (χ0) is 17.3. The average molecular weight is 342 g/mol. The van der Waals surface area contributed by atoms with E-state index in [9.17, 15) is 4.79 Å². The second-order valence-corrected chi connectivity index (χ2v) is 8.83. The van der Waals surface area contributed by atoms with Gasteiger partial charge in [0, 0.05) is 15.9 Å². The van der Waals surface area contributed by atoms with Crippen LogP contribution in [0.15, 0.2) is 29.6 Å². The lowest BCUT2D eigenvalue weighted by Crippen LogP contribution is -2.27. The van der Waals surface area contributed by atoms with Crippen molar-refractivity contribution in [3.63, 3.8) is 0 Å². The Morgan fingerprint density at radius 2 is 1.96 bits per heavy atom. The molecule has 1 unspecified atom stereocenters. The summed E-state index contributed by atoms with van der Waals surface area (Å²) in [6.45, 7) is 9.10. The number of aryl methyl sites for hydroxylation is 1. The minimum absolute atomic E-state index is 0.0333. The van der Waals surface area contributed by atoms with Crippen LogP contribution in [0, 0.1) is 11.3 Å². The van der Waals surface area contributed by atoms with Gasteiger partial charge in [-0.15, -0.1) is 11.3 Å². The monoisotopic (exact) mass is 341 g/mol. The van der Waals surface area contributed by atoms with Gasteiger partial charge >= 0.3 is 0 Å². The van der Waals surface area contributed by atoms with E-state index < -0.39 is 0 Å². The van der Waals surface area contributed by atoms with Crippen molar-refractivity contribution in [2.24, 2.45) is 11.3 Å². The number of benzene rings is 1. The Balaban J connectivity index is 1.74. The van der Waals surface area contributed by atoms with Crippen LogP contribution >= 0.6 is 11.3 Å². The van der Waals surface area contributed by atoms with Crippen molar-refractivity contribution in [3.8, 4) is 0 Å². The summed E-state index contributed by atoms with van der Waals surface area (Å²) in [6, 6.07) is 8.13. The highest BCUT2D eigenvalue weighted by atomic mass is 32.1. The molecule has 0 radical (unpaired) electrons. The largest absolute Gasteiger partial charge is 0.322 e. The quantitative estimate of drug-likeness (QED) is 0.760. The third-order valence-electron chi connectivity index (χ3n) is 5.24. The summed E-state index contributed by atoms with van der Waals surface area (Å²) in [5, 5.41) is 5.10. The van der Waals surface area contributed by atoms with Gasteiger partial charge in [-0.3, -0.25) is 4.79 Å². The molecule has 3 heteroatoms. The van der Waals surface area contributed by atoms with Crippen LogP contribution in [0.1, 0.15) is 60.5 Å². The van der Waals surface area contributed by atoms with E-state index in [-0.39, 0.29) is 5.91 Å². The highest BCUT2D eigenvalue weighted by Gasteiger charge is 2.31. The van der Waals surface area contributed by atoms with Gasteiger partial charge in [0.05, 0.1) is 5.56 Å². The van der Waals surface area contributed by atoms with Gasteiger partial charge in [-0.25, -0.2) is 0 Å². The Kier molecular flexibility index (Phi) is 4.82. The Hall–Kier alpha value is -1.61. The van der Waals surface area contributed by atoms with E-state index in [1.165, 1.54) is 22.4 Å². The van der Waals surface area contributed by atoms with Crippen molar-refractivity contribution in [1.29, 1.82) is 0 Å². The summed E-state index contributed by atoms with van der Waals surface area (Å²) in [5.74, 6) is 0.743. The molecule has 1 N–H and O–H groups in total. The van der Waals surface area contributed by atoms with E-state index in [0.717, 1.165) is 30.5 Å². The lowest BCUT2D eigenvalue weighted by atomic mass is 9.72. The fourth-order valence-corrected chi connectivity index (χ4v) is 4.63. The molecule has 1 atom stereocenters. The normalized spacial score (nSPS) is 17.4. The molecule has 2 nitrogen and oxygen atoms in total. The summed E-state index contributed by atoms with van der Waals surface area (Å²) in [4.78, 5) is 14.1. The Morgan fingerprint density at radius 3 is 2.58 bits per heavy atom. The number of carbonyl (C=O) groups excluding carboxylic acids is 1. The van der Waals surface area contributed by atoms with Gasteiger partial charge in [0.1, 0.15) is 0 Å². The first-order valence-corrected chi connectivity index (χ1v) is 9.76. The van der Waals surface area contributed by atoms with Gasteiger partial charge in [-0.05, 0) is 60.3 Å². The molecule has 128 valence electrons.